The molecule has 1 heterocycles. The van der Waals surface area contributed by atoms with E-state index >= 15 is 0 Å². The maximum atomic E-state index is 5.75. The van der Waals surface area contributed by atoms with E-state index in [1.807, 2.05) is 32.0 Å². The Morgan fingerprint density at radius 3 is 2.50 bits per heavy atom. The summed E-state index contributed by atoms with van der Waals surface area (Å²) in [4.78, 5) is 0. The van der Waals surface area contributed by atoms with Crippen molar-refractivity contribution in [2.75, 3.05) is 18.9 Å². The minimum absolute atomic E-state index is 0.585. The molecule has 14 heavy (non-hydrogen) atoms. The van der Waals surface area contributed by atoms with Crippen molar-refractivity contribution in [3.05, 3.63) is 29.3 Å². The lowest BCUT2D eigenvalue weighted by Gasteiger charge is -2.23. The summed E-state index contributed by atoms with van der Waals surface area (Å²) in [5, 5.41) is 0. The zero-order valence-corrected chi connectivity index (χ0v) is 8.54. The molecule has 1 saturated heterocycles. The van der Waals surface area contributed by atoms with E-state index < -0.39 is 5.79 Å². The molecule has 2 N–H and O–H groups in total. The molecule has 0 aliphatic carbocycles. The van der Waals surface area contributed by atoms with Crippen molar-refractivity contribution in [3.8, 4) is 0 Å². The first-order valence-electron chi connectivity index (χ1n) is 4.76. The molecule has 0 aromatic heterocycles. The van der Waals surface area contributed by atoms with E-state index in [1.165, 1.54) is 0 Å². The molecule has 76 valence electrons. The fourth-order valence-electron chi connectivity index (χ4n) is 1.64. The molecule has 1 aliphatic heterocycles. The zero-order chi connectivity index (χ0) is 10.2. The van der Waals surface area contributed by atoms with Gasteiger partial charge in [-0.1, -0.05) is 6.07 Å². The summed E-state index contributed by atoms with van der Waals surface area (Å²) in [5.41, 5.74) is 8.64. The van der Waals surface area contributed by atoms with E-state index in [1.54, 1.807) is 0 Å². The van der Waals surface area contributed by atoms with Gasteiger partial charge in [-0.05, 0) is 31.5 Å². The second-order valence-corrected chi connectivity index (χ2v) is 3.71. The van der Waals surface area contributed by atoms with Crippen LogP contribution in [0.15, 0.2) is 18.2 Å². The highest BCUT2D eigenvalue weighted by atomic mass is 16.7. The van der Waals surface area contributed by atoms with Crippen molar-refractivity contribution in [3.63, 3.8) is 0 Å². The fraction of sp³-hybridized carbons (Fsp3) is 0.455. The number of nitrogen functional groups attached to an aromatic ring is 1. The van der Waals surface area contributed by atoms with Crippen LogP contribution >= 0.6 is 0 Å². The van der Waals surface area contributed by atoms with E-state index in [4.69, 9.17) is 15.2 Å². The van der Waals surface area contributed by atoms with E-state index in [2.05, 4.69) is 0 Å². The average Bonchev–Trinajstić information content (AvgIpc) is 2.58. The summed E-state index contributed by atoms with van der Waals surface area (Å²) >= 11 is 0. The van der Waals surface area contributed by atoms with Gasteiger partial charge in [-0.2, -0.15) is 0 Å². The van der Waals surface area contributed by atoms with Gasteiger partial charge in [0.15, 0.2) is 5.79 Å². The molecule has 0 amide bonds. The maximum absolute atomic E-state index is 5.75. The first-order chi connectivity index (χ1) is 6.62. The second-order valence-electron chi connectivity index (χ2n) is 3.71. The van der Waals surface area contributed by atoms with Crippen LogP contribution in [0.5, 0.6) is 0 Å². The summed E-state index contributed by atoms with van der Waals surface area (Å²) in [6.45, 7) is 5.22. The van der Waals surface area contributed by atoms with Crippen LogP contribution in [0.2, 0.25) is 0 Å². The van der Waals surface area contributed by atoms with Gasteiger partial charge < -0.3 is 15.2 Å². The van der Waals surface area contributed by atoms with Crippen LogP contribution < -0.4 is 5.73 Å². The lowest BCUT2D eigenvalue weighted by molar-refractivity contribution is -0.149. The van der Waals surface area contributed by atoms with Crippen LogP contribution in [0.4, 0.5) is 5.69 Å². The molecular weight excluding hydrogens is 178 g/mol. The Balaban J connectivity index is 2.36. The molecule has 1 fully saturated rings. The van der Waals surface area contributed by atoms with Gasteiger partial charge in [0.25, 0.3) is 0 Å². The summed E-state index contributed by atoms with van der Waals surface area (Å²) in [5.74, 6) is -0.585. The molecule has 3 heteroatoms. The van der Waals surface area contributed by atoms with E-state index in [-0.39, 0.29) is 0 Å². The van der Waals surface area contributed by atoms with Crippen LogP contribution in [0.25, 0.3) is 0 Å². The molecule has 0 saturated carbocycles. The van der Waals surface area contributed by atoms with Crippen molar-refractivity contribution in [2.24, 2.45) is 0 Å². The van der Waals surface area contributed by atoms with Gasteiger partial charge in [0.1, 0.15) is 0 Å². The molecule has 0 atom stereocenters. The second kappa shape index (κ2) is 3.26. The minimum Gasteiger partial charge on any atom is -0.399 e. The molecule has 1 aliphatic rings. The Morgan fingerprint density at radius 1 is 1.29 bits per heavy atom. The van der Waals surface area contributed by atoms with Crippen molar-refractivity contribution in [1.82, 2.24) is 0 Å². The van der Waals surface area contributed by atoms with Gasteiger partial charge in [0, 0.05) is 11.3 Å². The zero-order valence-electron chi connectivity index (χ0n) is 8.54. The molecule has 2 rings (SSSR count). The first kappa shape index (κ1) is 9.49. The van der Waals surface area contributed by atoms with Crippen molar-refractivity contribution in [2.45, 2.75) is 19.6 Å². The van der Waals surface area contributed by atoms with Gasteiger partial charge in [-0.25, -0.2) is 0 Å². The van der Waals surface area contributed by atoms with E-state index in [9.17, 15) is 0 Å². The minimum atomic E-state index is -0.585. The number of anilines is 1. The Kier molecular flexibility index (Phi) is 2.21. The molecule has 0 radical (unpaired) electrons. The van der Waals surface area contributed by atoms with Crippen LogP contribution in [-0.2, 0) is 15.3 Å². The first-order valence-corrected chi connectivity index (χ1v) is 4.76. The highest BCUT2D eigenvalue weighted by Crippen LogP contribution is 2.32. The van der Waals surface area contributed by atoms with Gasteiger partial charge in [0.2, 0.25) is 0 Å². The van der Waals surface area contributed by atoms with Gasteiger partial charge >= 0.3 is 0 Å². The van der Waals surface area contributed by atoms with Crippen molar-refractivity contribution >= 4 is 5.69 Å². The highest BCUT2D eigenvalue weighted by molar-refractivity contribution is 5.48. The lowest BCUT2D eigenvalue weighted by Crippen LogP contribution is -2.22. The van der Waals surface area contributed by atoms with Gasteiger partial charge in [0.05, 0.1) is 13.2 Å². The van der Waals surface area contributed by atoms with Crippen LogP contribution in [-0.4, -0.2) is 13.2 Å². The Morgan fingerprint density at radius 2 is 1.93 bits per heavy atom. The molecule has 1 aromatic carbocycles. The quantitative estimate of drug-likeness (QED) is 0.692. The third-order valence-electron chi connectivity index (χ3n) is 2.63. The number of rotatable bonds is 1. The molecule has 0 bridgehead atoms. The number of hydrogen-bond donors (Lipinski definition) is 1. The highest BCUT2D eigenvalue weighted by Gasteiger charge is 2.33. The largest absolute Gasteiger partial charge is 0.399 e. The predicted molar refractivity (Wildman–Crippen MR) is 54.8 cm³/mol. The Hall–Kier alpha value is -1.06. The number of benzene rings is 1. The lowest BCUT2D eigenvalue weighted by atomic mass is 10.0. The average molecular weight is 193 g/mol. The van der Waals surface area contributed by atoms with E-state index in [0.29, 0.717) is 13.2 Å². The topological polar surface area (TPSA) is 44.5 Å². The number of aryl methyl sites for hydroxylation is 1. The van der Waals surface area contributed by atoms with Gasteiger partial charge in [-0.3, -0.25) is 0 Å². The van der Waals surface area contributed by atoms with Crippen LogP contribution in [0, 0.1) is 6.92 Å². The molecule has 3 nitrogen and oxygen atoms in total. The summed E-state index contributed by atoms with van der Waals surface area (Å²) < 4.78 is 11.1. The molecule has 0 unspecified atom stereocenters. The normalized spacial score (nSPS) is 19.9. The molecule has 1 aromatic rings. The third-order valence-corrected chi connectivity index (χ3v) is 2.63. The van der Waals surface area contributed by atoms with Gasteiger partial charge in [-0.15, -0.1) is 0 Å². The SMILES string of the molecule is Cc1cc(C2(C)OCCO2)ccc1N. The number of hydrogen-bond acceptors (Lipinski definition) is 3. The van der Waals surface area contributed by atoms with Crippen LogP contribution in [0.1, 0.15) is 18.1 Å². The Labute approximate surface area is 83.8 Å². The molecule has 0 spiro atoms. The standard InChI is InChI=1S/C11H15NO2/c1-8-7-9(3-4-10(8)12)11(2)13-5-6-14-11/h3-4,7H,5-6,12H2,1-2H3. The summed E-state index contributed by atoms with van der Waals surface area (Å²) in [6.07, 6.45) is 0. The number of nitrogens with two attached hydrogens (primary N) is 1. The monoisotopic (exact) mass is 193 g/mol. The van der Waals surface area contributed by atoms with Crippen molar-refractivity contribution < 1.29 is 9.47 Å². The number of ether oxygens (including phenoxy) is 2. The Bertz CT molecular complexity index is 343. The predicted octanol–water partition coefficient (Wildman–Crippen LogP) is 1.80. The fourth-order valence-corrected chi connectivity index (χ4v) is 1.64. The third kappa shape index (κ3) is 1.49. The maximum Gasteiger partial charge on any atom is 0.192 e. The van der Waals surface area contributed by atoms with Crippen LogP contribution in [0.3, 0.4) is 0 Å². The smallest absolute Gasteiger partial charge is 0.192 e. The molecular formula is C11H15NO2. The van der Waals surface area contributed by atoms with E-state index in [0.717, 1.165) is 16.8 Å². The summed E-state index contributed by atoms with van der Waals surface area (Å²) in [6, 6.07) is 5.86. The van der Waals surface area contributed by atoms with Crippen molar-refractivity contribution in [1.29, 1.82) is 0 Å². The summed E-state index contributed by atoms with van der Waals surface area (Å²) in [7, 11) is 0.